The Bertz CT molecular complexity index is 206. The monoisotopic (exact) mass is 184 g/mol. The molecule has 0 aromatic rings. The van der Waals surface area contributed by atoms with Gasteiger partial charge in [0.2, 0.25) is 5.96 Å². The van der Waals surface area contributed by atoms with E-state index in [1.165, 1.54) is 12.8 Å². The lowest BCUT2D eigenvalue weighted by atomic mass is 10.3. The van der Waals surface area contributed by atoms with E-state index in [2.05, 4.69) is 10.1 Å². The van der Waals surface area contributed by atoms with E-state index in [0.717, 1.165) is 32.2 Å². The summed E-state index contributed by atoms with van der Waals surface area (Å²) >= 11 is 0. The van der Waals surface area contributed by atoms with Crippen molar-refractivity contribution in [2.45, 2.75) is 18.9 Å². The molecule has 5 nitrogen and oxygen atoms in total. The van der Waals surface area contributed by atoms with E-state index in [1.807, 2.05) is 4.90 Å². The van der Waals surface area contributed by atoms with Crippen molar-refractivity contribution in [1.29, 1.82) is 0 Å². The molecule has 1 saturated carbocycles. The van der Waals surface area contributed by atoms with Gasteiger partial charge in [0.15, 0.2) is 0 Å². The lowest BCUT2D eigenvalue weighted by Gasteiger charge is -2.34. The third kappa shape index (κ3) is 1.85. The normalized spacial score (nSPS) is 26.5. The number of piperazine rings is 1. The summed E-state index contributed by atoms with van der Waals surface area (Å²) in [5, 5.41) is 11.5. The summed E-state index contributed by atoms with van der Waals surface area (Å²) in [4.78, 5) is 4.40. The van der Waals surface area contributed by atoms with Gasteiger partial charge < -0.3 is 15.8 Å². The van der Waals surface area contributed by atoms with Gasteiger partial charge in [-0.25, -0.2) is 0 Å². The molecule has 0 aromatic heterocycles. The maximum Gasteiger partial charge on any atom is 0.233 e. The van der Waals surface area contributed by atoms with Crippen molar-refractivity contribution >= 4 is 5.96 Å². The van der Waals surface area contributed by atoms with Crippen molar-refractivity contribution in [2.24, 2.45) is 10.9 Å². The Labute approximate surface area is 77.8 Å². The van der Waals surface area contributed by atoms with E-state index in [-0.39, 0.29) is 5.96 Å². The minimum atomic E-state index is 0.246. The largest absolute Gasteiger partial charge is 0.408 e. The number of hydrogen-bond donors (Lipinski definition) is 2. The van der Waals surface area contributed by atoms with Crippen molar-refractivity contribution in [3.8, 4) is 0 Å². The molecular weight excluding hydrogens is 168 g/mol. The quantitative estimate of drug-likeness (QED) is 0.249. The fourth-order valence-electron chi connectivity index (χ4n) is 1.82. The third-order valence-electron chi connectivity index (χ3n) is 2.80. The second-order valence-electron chi connectivity index (χ2n) is 3.71. The second kappa shape index (κ2) is 3.41. The molecule has 0 amide bonds. The SMILES string of the molecule is NC(=NO)N1CCN(C2CC2)CC1. The van der Waals surface area contributed by atoms with Crippen LogP contribution in [0, 0.1) is 0 Å². The summed E-state index contributed by atoms with van der Waals surface area (Å²) in [6.07, 6.45) is 2.70. The number of nitrogens with two attached hydrogens (primary N) is 1. The predicted molar refractivity (Wildman–Crippen MR) is 49.6 cm³/mol. The highest BCUT2D eigenvalue weighted by Gasteiger charge is 2.31. The zero-order valence-corrected chi connectivity index (χ0v) is 7.69. The second-order valence-corrected chi connectivity index (χ2v) is 3.71. The van der Waals surface area contributed by atoms with Crippen LogP contribution in [-0.2, 0) is 0 Å². The van der Waals surface area contributed by atoms with Gasteiger partial charge in [-0.15, -0.1) is 0 Å². The predicted octanol–water partition coefficient (Wildman–Crippen LogP) is -0.530. The molecule has 0 unspecified atom stereocenters. The average molecular weight is 184 g/mol. The summed E-state index contributed by atoms with van der Waals surface area (Å²) in [6.45, 7) is 3.85. The first-order chi connectivity index (χ1) is 6.31. The molecule has 1 heterocycles. The minimum Gasteiger partial charge on any atom is -0.408 e. The Morgan fingerprint density at radius 3 is 2.31 bits per heavy atom. The van der Waals surface area contributed by atoms with Crippen LogP contribution in [0.4, 0.5) is 0 Å². The van der Waals surface area contributed by atoms with E-state index in [0.29, 0.717) is 0 Å². The summed E-state index contributed by atoms with van der Waals surface area (Å²) < 4.78 is 0. The number of nitrogens with zero attached hydrogens (tertiary/aromatic N) is 3. The third-order valence-corrected chi connectivity index (χ3v) is 2.80. The van der Waals surface area contributed by atoms with Gasteiger partial charge in [0.25, 0.3) is 0 Å². The molecule has 74 valence electrons. The van der Waals surface area contributed by atoms with Gasteiger partial charge in [-0.2, -0.15) is 0 Å². The molecule has 0 spiro atoms. The van der Waals surface area contributed by atoms with Crippen molar-refractivity contribution in [2.75, 3.05) is 26.2 Å². The molecule has 0 bridgehead atoms. The Morgan fingerprint density at radius 1 is 1.23 bits per heavy atom. The van der Waals surface area contributed by atoms with Gasteiger partial charge in [0.1, 0.15) is 0 Å². The number of hydrogen-bond acceptors (Lipinski definition) is 3. The van der Waals surface area contributed by atoms with Gasteiger partial charge in [-0.3, -0.25) is 4.90 Å². The van der Waals surface area contributed by atoms with Crippen LogP contribution < -0.4 is 5.73 Å². The summed E-state index contributed by atoms with van der Waals surface area (Å²) in [5.74, 6) is 0.246. The molecular formula is C8H16N4O. The number of oxime groups is 1. The van der Waals surface area contributed by atoms with E-state index in [4.69, 9.17) is 10.9 Å². The maximum absolute atomic E-state index is 8.48. The smallest absolute Gasteiger partial charge is 0.233 e. The molecule has 3 N–H and O–H groups in total. The first kappa shape index (κ1) is 8.62. The first-order valence-electron chi connectivity index (χ1n) is 4.78. The molecule has 0 atom stereocenters. The zero-order chi connectivity index (χ0) is 9.26. The Morgan fingerprint density at radius 2 is 1.85 bits per heavy atom. The topological polar surface area (TPSA) is 65.1 Å². The fourth-order valence-corrected chi connectivity index (χ4v) is 1.82. The highest BCUT2D eigenvalue weighted by molar-refractivity contribution is 5.77. The standard InChI is InChI=1S/C8H16N4O/c9-8(10-13)12-5-3-11(4-6-12)7-1-2-7/h7,13H,1-6H2,(H2,9,10). The van der Waals surface area contributed by atoms with Crippen LogP contribution >= 0.6 is 0 Å². The van der Waals surface area contributed by atoms with Crippen molar-refractivity contribution in [3.63, 3.8) is 0 Å². The van der Waals surface area contributed by atoms with Gasteiger partial charge in [0.05, 0.1) is 0 Å². The molecule has 2 aliphatic rings. The lowest BCUT2D eigenvalue weighted by Crippen LogP contribution is -2.51. The Kier molecular flexibility index (Phi) is 2.26. The molecule has 1 aliphatic heterocycles. The zero-order valence-electron chi connectivity index (χ0n) is 7.69. The van der Waals surface area contributed by atoms with Crippen LogP contribution in [0.15, 0.2) is 5.16 Å². The molecule has 0 aromatic carbocycles. The molecule has 1 saturated heterocycles. The van der Waals surface area contributed by atoms with Gasteiger partial charge in [0, 0.05) is 32.2 Å². The van der Waals surface area contributed by atoms with Gasteiger partial charge >= 0.3 is 0 Å². The van der Waals surface area contributed by atoms with Crippen LogP contribution in [0.25, 0.3) is 0 Å². The lowest BCUT2D eigenvalue weighted by molar-refractivity contribution is 0.169. The molecule has 1 aliphatic carbocycles. The fraction of sp³-hybridized carbons (Fsp3) is 0.875. The minimum absolute atomic E-state index is 0.246. The van der Waals surface area contributed by atoms with Crippen LogP contribution in [0.1, 0.15) is 12.8 Å². The Balaban J connectivity index is 1.81. The number of rotatable bonds is 1. The molecule has 5 heteroatoms. The van der Waals surface area contributed by atoms with Crippen molar-refractivity contribution in [1.82, 2.24) is 9.80 Å². The van der Waals surface area contributed by atoms with E-state index >= 15 is 0 Å². The summed E-state index contributed by atoms with van der Waals surface area (Å²) in [7, 11) is 0. The molecule has 2 rings (SSSR count). The average Bonchev–Trinajstić information content (AvgIpc) is 3.00. The molecule has 2 fully saturated rings. The summed E-state index contributed by atoms with van der Waals surface area (Å²) in [6, 6.07) is 0.828. The van der Waals surface area contributed by atoms with Gasteiger partial charge in [-0.1, -0.05) is 5.16 Å². The molecule has 13 heavy (non-hydrogen) atoms. The van der Waals surface area contributed by atoms with Crippen molar-refractivity contribution < 1.29 is 5.21 Å². The molecule has 0 radical (unpaired) electrons. The van der Waals surface area contributed by atoms with Crippen molar-refractivity contribution in [3.05, 3.63) is 0 Å². The van der Waals surface area contributed by atoms with E-state index in [1.54, 1.807) is 0 Å². The number of guanidine groups is 1. The maximum atomic E-state index is 8.48. The van der Waals surface area contributed by atoms with Gasteiger partial charge in [-0.05, 0) is 12.8 Å². The van der Waals surface area contributed by atoms with Crippen LogP contribution in [0.5, 0.6) is 0 Å². The Hall–Kier alpha value is -0.970. The van der Waals surface area contributed by atoms with E-state index in [9.17, 15) is 0 Å². The first-order valence-corrected chi connectivity index (χ1v) is 4.78. The van der Waals surface area contributed by atoms with Crippen LogP contribution in [0.2, 0.25) is 0 Å². The highest BCUT2D eigenvalue weighted by atomic mass is 16.4. The van der Waals surface area contributed by atoms with Crippen LogP contribution in [-0.4, -0.2) is 53.2 Å². The highest BCUT2D eigenvalue weighted by Crippen LogP contribution is 2.27. The van der Waals surface area contributed by atoms with Crippen LogP contribution in [0.3, 0.4) is 0 Å². The van der Waals surface area contributed by atoms with E-state index < -0.39 is 0 Å². The summed E-state index contributed by atoms with van der Waals surface area (Å²) in [5.41, 5.74) is 5.49.